The van der Waals surface area contributed by atoms with Gasteiger partial charge in [0.1, 0.15) is 0 Å². The molecule has 0 radical (unpaired) electrons. The van der Waals surface area contributed by atoms with E-state index in [9.17, 15) is 9.59 Å². The highest BCUT2D eigenvalue weighted by Gasteiger charge is 2.11. The van der Waals surface area contributed by atoms with E-state index in [0.29, 0.717) is 6.42 Å². The molecule has 0 bridgehead atoms. The molecule has 0 aliphatic rings. The van der Waals surface area contributed by atoms with Crippen molar-refractivity contribution in [3.8, 4) is 0 Å². The summed E-state index contributed by atoms with van der Waals surface area (Å²) >= 11 is 0. The molecule has 2 rings (SSSR count). The molecule has 0 fully saturated rings. The Kier molecular flexibility index (Phi) is 3.91. The highest BCUT2D eigenvalue weighted by molar-refractivity contribution is 5.97. The van der Waals surface area contributed by atoms with Crippen LogP contribution in [-0.4, -0.2) is 11.6 Å². The second-order valence-electron chi connectivity index (χ2n) is 4.60. The minimum atomic E-state index is 0.0518. The van der Waals surface area contributed by atoms with E-state index in [4.69, 9.17) is 0 Å². The van der Waals surface area contributed by atoms with Gasteiger partial charge in [-0.1, -0.05) is 48.5 Å². The summed E-state index contributed by atoms with van der Waals surface area (Å²) < 4.78 is 0. The maximum Gasteiger partial charge on any atom is 0.160 e. The summed E-state index contributed by atoms with van der Waals surface area (Å²) in [6.07, 6.45) is 0.603. The van der Waals surface area contributed by atoms with Gasteiger partial charge in [0.05, 0.1) is 0 Å². The Balaban J connectivity index is 2.42. The molecule has 2 nitrogen and oxygen atoms in total. The standard InChI is InChI=1S/C17H16O2/c1-12(18)16-9-5-3-7-14(16)11-15-8-4-6-10-17(15)13(2)19/h3-10H,11H2,1-2H3. The van der Waals surface area contributed by atoms with Crippen molar-refractivity contribution in [2.24, 2.45) is 0 Å². The Labute approximate surface area is 113 Å². The van der Waals surface area contributed by atoms with Gasteiger partial charge in [0, 0.05) is 11.1 Å². The Bertz CT molecular complexity index is 571. The second kappa shape index (κ2) is 5.61. The number of hydrogen-bond acceptors (Lipinski definition) is 2. The van der Waals surface area contributed by atoms with Crippen molar-refractivity contribution in [2.45, 2.75) is 20.3 Å². The average molecular weight is 252 g/mol. The fraction of sp³-hybridized carbons (Fsp3) is 0.176. The third-order valence-electron chi connectivity index (χ3n) is 3.17. The van der Waals surface area contributed by atoms with E-state index in [1.165, 1.54) is 0 Å². The Morgan fingerprint density at radius 2 is 1.11 bits per heavy atom. The molecule has 0 heterocycles. The average Bonchev–Trinajstić information content (AvgIpc) is 2.39. The fourth-order valence-electron chi connectivity index (χ4n) is 2.24. The topological polar surface area (TPSA) is 34.1 Å². The van der Waals surface area contributed by atoms with Gasteiger partial charge in [0.25, 0.3) is 0 Å². The molecular formula is C17H16O2. The van der Waals surface area contributed by atoms with Gasteiger partial charge in [-0.15, -0.1) is 0 Å². The maximum absolute atomic E-state index is 11.6. The normalized spacial score (nSPS) is 10.2. The molecule has 0 aliphatic carbocycles. The van der Waals surface area contributed by atoms with E-state index in [1.807, 2.05) is 48.5 Å². The molecule has 0 unspecified atom stereocenters. The Morgan fingerprint density at radius 1 is 0.737 bits per heavy atom. The molecule has 2 heteroatoms. The van der Waals surface area contributed by atoms with Crippen molar-refractivity contribution in [2.75, 3.05) is 0 Å². The number of carbonyl (C=O) groups excluding carboxylic acids is 2. The van der Waals surface area contributed by atoms with Crippen LogP contribution in [0.4, 0.5) is 0 Å². The third kappa shape index (κ3) is 2.97. The molecule has 0 atom stereocenters. The molecule has 0 saturated carbocycles. The first-order valence-electron chi connectivity index (χ1n) is 6.27. The van der Waals surface area contributed by atoms with Crippen LogP contribution in [0.5, 0.6) is 0 Å². The molecular weight excluding hydrogens is 236 g/mol. The van der Waals surface area contributed by atoms with Crippen LogP contribution in [-0.2, 0) is 6.42 Å². The van der Waals surface area contributed by atoms with Crippen LogP contribution < -0.4 is 0 Å². The highest BCUT2D eigenvalue weighted by atomic mass is 16.1. The van der Waals surface area contributed by atoms with Crippen LogP contribution in [0.2, 0.25) is 0 Å². The molecule has 19 heavy (non-hydrogen) atoms. The summed E-state index contributed by atoms with van der Waals surface area (Å²) in [6, 6.07) is 15.1. The Hall–Kier alpha value is -2.22. The van der Waals surface area contributed by atoms with E-state index in [-0.39, 0.29) is 11.6 Å². The largest absolute Gasteiger partial charge is 0.295 e. The number of ketones is 2. The molecule has 0 spiro atoms. The van der Waals surface area contributed by atoms with Crippen LogP contribution >= 0.6 is 0 Å². The van der Waals surface area contributed by atoms with Crippen molar-refractivity contribution in [3.05, 3.63) is 70.8 Å². The lowest BCUT2D eigenvalue weighted by molar-refractivity contribution is 0.100. The van der Waals surface area contributed by atoms with Gasteiger partial charge in [0.15, 0.2) is 11.6 Å². The quantitative estimate of drug-likeness (QED) is 0.778. The van der Waals surface area contributed by atoms with Gasteiger partial charge in [-0.3, -0.25) is 9.59 Å². The molecule has 96 valence electrons. The number of hydrogen-bond donors (Lipinski definition) is 0. The monoisotopic (exact) mass is 252 g/mol. The van der Waals surface area contributed by atoms with Crippen LogP contribution in [0, 0.1) is 0 Å². The lowest BCUT2D eigenvalue weighted by atomic mass is 9.94. The van der Waals surface area contributed by atoms with Crippen molar-refractivity contribution in [1.29, 1.82) is 0 Å². The van der Waals surface area contributed by atoms with E-state index < -0.39 is 0 Å². The number of rotatable bonds is 4. The fourth-order valence-corrected chi connectivity index (χ4v) is 2.24. The van der Waals surface area contributed by atoms with Crippen molar-refractivity contribution < 1.29 is 9.59 Å². The first-order valence-corrected chi connectivity index (χ1v) is 6.27. The second-order valence-corrected chi connectivity index (χ2v) is 4.60. The molecule has 0 aliphatic heterocycles. The van der Waals surface area contributed by atoms with E-state index >= 15 is 0 Å². The number of Topliss-reactive ketones (excluding diaryl/α,β-unsaturated/α-hetero) is 2. The number of carbonyl (C=O) groups is 2. The first kappa shape index (κ1) is 13.2. The molecule has 0 N–H and O–H groups in total. The summed E-state index contributed by atoms with van der Waals surface area (Å²) in [6.45, 7) is 3.13. The lowest BCUT2D eigenvalue weighted by Gasteiger charge is -2.09. The zero-order valence-electron chi connectivity index (χ0n) is 11.1. The van der Waals surface area contributed by atoms with Crippen molar-refractivity contribution in [1.82, 2.24) is 0 Å². The van der Waals surface area contributed by atoms with Gasteiger partial charge >= 0.3 is 0 Å². The zero-order valence-corrected chi connectivity index (χ0v) is 11.1. The molecule has 0 aromatic heterocycles. The van der Waals surface area contributed by atoms with E-state index in [2.05, 4.69) is 0 Å². The van der Waals surface area contributed by atoms with Crippen LogP contribution in [0.1, 0.15) is 45.7 Å². The van der Waals surface area contributed by atoms with E-state index in [1.54, 1.807) is 13.8 Å². The maximum atomic E-state index is 11.6. The van der Waals surface area contributed by atoms with Crippen LogP contribution in [0.15, 0.2) is 48.5 Å². The summed E-state index contributed by atoms with van der Waals surface area (Å²) in [5, 5.41) is 0. The SMILES string of the molecule is CC(=O)c1ccccc1Cc1ccccc1C(C)=O. The van der Waals surface area contributed by atoms with Gasteiger partial charge in [-0.25, -0.2) is 0 Å². The molecule has 2 aromatic rings. The lowest BCUT2D eigenvalue weighted by Crippen LogP contribution is -2.04. The van der Waals surface area contributed by atoms with Crippen molar-refractivity contribution in [3.63, 3.8) is 0 Å². The smallest absolute Gasteiger partial charge is 0.160 e. The number of benzene rings is 2. The third-order valence-corrected chi connectivity index (χ3v) is 3.17. The van der Waals surface area contributed by atoms with Gasteiger partial charge in [-0.05, 0) is 31.4 Å². The minimum absolute atomic E-state index is 0.0518. The summed E-state index contributed by atoms with van der Waals surface area (Å²) in [7, 11) is 0. The van der Waals surface area contributed by atoms with Gasteiger partial charge < -0.3 is 0 Å². The molecule has 0 amide bonds. The van der Waals surface area contributed by atoms with Gasteiger partial charge in [-0.2, -0.15) is 0 Å². The van der Waals surface area contributed by atoms with Crippen LogP contribution in [0.3, 0.4) is 0 Å². The van der Waals surface area contributed by atoms with E-state index in [0.717, 1.165) is 22.3 Å². The zero-order chi connectivity index (χ0) is 13.8. The molecule has 2 aromatic carbocycles. The van der Waals surface area contributed by atoms with Crippen LogP contribution in [0.25, 0.3) is 0 Å². The predicted octanol–water partition coefficient (Wildman–Crippen LogP) is 3.68. The first-order chi connectivity index (χ1) is 9.09. The molecule has 0 saturated heterocycles. The summed E-state index contributed by atoms with van der Waals surface area (Å²) in [5.74, 6) is 0.104. The van der Waals surface area contributed by atoms with Gasteiger partial charge in [0.2, 0.25) is 0 Å². The summed E-state index contributed by atoms with van der Waals surface area (Å²) in [4.78, 5) is 23.2. The predicted molar refractivity (Wildman–Crippen MR) is 75.7 cm³/mol. The van der Waals surface area contributed by atoms with Crippen molar-refractivity contribution >= 4 is 11.6 Å². The summed E-state index contributed by atoms with van der Waals surface area (Å²) in [5.41, 5.74) is 3.37. The Morgan fingerprint density at radius 3 is 1.47 bits per heavy atom. The minimum Gasteiger partial charge on any atom is -0.295 e. The highest BCUT2D eigenvalue weighted by Crippen LogP contribution is 2.18.